The lowest BCUT2D eigenvalue weighted by Crippen LogP contribution is -2.38. The molecule has 0 radical (unpaired) electrons. The molecule has 1 unspecified atom stereocenters. The summed E-state index contributed by atoms with van der Waals surface area (Å²) in [5.41, 5.74) is 3.72. The summed E-state index contributed by atoms with van der Waals surface area (Å²) in [6.07, 6.45) is 1.02. The van der Waals surface area contributed by atoms with Gasteiger partial charge in [-0.3, -0.25) is 9.59 Å². The van der Waals surface area contributed by atoms with Crippen molar-refractivity contribution < 1.29 is 9.59 Å². The van der Waals surface area contributed by atoms with Crippen LogP contribution < -0.4 is 10.6 Å². The Kier molecular flexibility index (Phi) is 5.14. The van der Waals surface area contributed by atoms with Crippen LogP contribution in [0.3, 0.4) is 0 Å². The second-order valence-electron chi connectivity index (χ2n) is 6.44. The standard InChI is InChI=1S/C20H23N3O2/c1-23(2)20(25)16-9-7-15(8-10-16)19(24)22-13-18-17-6-4-3-5-14(17)11-12-21-18/h3-10,18,21H,11-13H2,1-2H3,(H,22,24). The second kappa shape index (κ2) is 7.49. The molecule has 5 heteroatoms. The summed E-state index contributed by atoms with van der Waals surface area (Å²) in [6, 6.07) is 15.2. The fourth-order valence-corrected chi connectivity index (χ4v) is 3.09. The lowest BCUT2D eigenvalue weighted by atomic mass is 9.94. The van der Waals surface area contributed by atoms with E-state index in [9.17, 15) is 9.59 Å². The van der Waals surface area contributed by atoms with Gasteiger partial charge in [0.25, 0.3) is 11.8 Å². The van der Waals surface area contributed by atoms with E-state index >= 15 is 0 Å². The van der Waals surface area contributed by atoms with Gasteiger partial charge in [0, 0.05) is 37.8 Å². The Morgan fingerprint density at radius 2 is 1.76 bits per heavy atom. The molecule has 2 N–H and O–H groups in total. The van der Waals surface area contributed by atoms with Crippen molar-refractivity contribution in [3.05, 3.63) is 70.8 Å². The molecule has 2 aromatic rings. The average Bonchev–Trinajstić information content (AvgIpc) is 2.65. The number of carbonyl (C=O) groups is 2. The highest BCUT2D eigenvalue weighted by Crippen LogP contribution is 2.21. The monoisotopic (exact) mass is 337 g/mol. The SMILES string of the molecule is CN(C)C(=O)c1ccc(C(=O)NCC2NCCc3ccccc32)cc1. The fraction of sp³-hybridized carbons (Fsp3) is 0.300. The second-order valence-corrected chi connectivity index (χ2v) is 6.44. The molecule has 2 amide bonds. The highest BCUT2D eigenvalue weighted by molar-refractivity contribution is 5.97. The van der Waals surface area contributed by atoms with Gasteiger partial charge in [-0.1, -0.05) is 24.3 Å². The summed E-state index contributed by atoms with van der Waals surface area (Å²) in [6.45, 7) is 1.45. The van der Waals surface area contributed by atoms with Gasteiger partial charge in [0.05, 0.1) is 0 Å². The molecule has 1 aliphatic heterocycles. The third-order valence-electron chi connectivity index (χ3n) is 4.48. The van der Waals surface area contributed by atoms with Crippen molar-refractivity contribution in [1.29, 1.82) is 0 Å². The Balaban J connectivity index is 1.63. The number of amides is 2. The van der Waals surface area contributed by atoms with Gasteiger partial charge in [0.15, 0.2) is 0 Å². The largest absolute Gasteiger partial charge is 0.350 e. The lowest BCUT2D eigenvalue weighted by molar-refractivity contribution is 0.0826. The summed E-state index contributed by atoms with van der Waals surface area (Å²) in [5, 5.41) is 6.44. The molecule has 130 valence electrons. The van der Waals surface area contributed by atoms with E-state index in [1.807, 2.05) is 6.07 Å². The van der Waals surface area contributed by atoms with E-state index in [-0.39, 0.29) is 17.9 Å². The molecule has 2 aromatic carbocycles. The maximum atomic E-state index is 12.4. The zero-order valence-corrected chi connectivity index (χ0v) is 14.6. The van der Waals surface area contributed by atoms with Crippen LogP contribution in [-0.4, -0.2) is 43.9 Å². The third kappa shape index (κ3) is 3.88. The molecular weight excluding hydrogens is 314 g/mol. The number of benzene rings is 2. The molecule has 25 heavy (non-hydrogen) atoms. The van der Waals surface area contributed by atoms with E-state index in [1.165, 1.54) is 16.0 Å². The zero-order valence-electron chi connectivity index (χ0n) is 14.6. The number of hydrogen-bond donors (Lipinski definition) is 2. The van der Waals surface area contributed by atoms with Gasteiger partial charge < -0.3 is 15.5 Å². The van der Waals surface area contributed by atoms with E-state index in [2.05, 4.69) is 28.8 Å². The highest BCUT2D eigenvalue weighted by Gasteiger charge is 2.20. The molecule has 5 nitrogen and oxygen atoms in total. The quantitative estimate of drug-likeness (QED) is 0.897. The van der Waals surface area contributed by atoms with Gasteiger partial charge in [-0.25, -0.2) is 0 Å². The molecule has 0 aromatic heterocycles. The van der Waals surface area contributed by atoms with Gasteiger partial charge in [-0.15, -0.1) is 0 Å². The van der Waals surface area contributed by atoms with Crippen LogP contribution in [0, 0.1) is 0 Å². The summed E-state index contributed by atoms with van der Waals surface area (Å²) >= 11 is 0. The fourth-order valence-electron chi connectivity index (χ4n) is 3.09. The Labute approximate surface area is 148 Å². The van der Waals surface area contributed by atoms with E-state index in [4.69, 9.17) is 0 Å². The molecule has 0 saturated heterocycles. The van der Waals surface area contributed by atoms with Crippen molar-refractivity contribution in [2.45, 2.75) is 12.5 Å². The summed E-state index contributed by atoms with van der Waals surface area (Å²) in [4.78, 5) is 25.8. The maximum Gasteiger partial charge on any atom is 0.253 e. The van der Waals surface area contributed by atoms with Crippen LogP contribution in [0.2, 0.25) is 0 Å². The smallest absolute Gasteiger partial charge is 0.253 e. The maximum absolute atomic E-state index is 12.4. The first-order valence-electron chi connectivity index (χ1n) is 8.47. The van der Waals surface area contributed by atoms with Crippen LogP contribution in [0.5, 0.6) is 0 Å². The van der Waals surface area contributed by atoms with Gasteiger partial charge in [-0.2, -0.15) is 0 Å². The van der Waals surface area contributed by atoms with Gasteiger partial charge in [-0.05, 0) is 48.4 Å². The van der Waals surface area contributed by atoms with Crippen molar-refractivity contribution in [2.24, 2.45) is 0 Å². The molecule has 0 bridgehead atoms. The van der Waals surface area contributed by atoms with E-state index in [0.29, 0.717) is 17.7 Å². The first-order valence-corrected chi connectivity index (χ1v) is 8.47. The van der Waals surface area contributed by atoms with Gasteiger partial charge >= 0.3 is 0 Å². The van der Waals surface area contributed by atoms with E-state index in [1.54, 1.807) is 38.4 Å². The minimum absolute atomic E-state index is 0.0741. The minimum Gasteiger partial charge on any atom is -0.350 e. The molecule has 1 atom stereocenters. The number of nitrogens with zero attached hydrogens (tertiary/aromatic N) is 1. The topological polar surface area (TPSA) is 61.4 Å². The van der Waals surface area contributed by atoms with Crippen molar-refractivity contribution in [1.82, 2.24) is 15.5 Å². The van der Waals surface area contributed by atoms with Gasteiger partial charge in [0.1, 0.15) is 0 Å². The Hall–Kier alpha value is -2.66. The van der Waals surface area contributed by atoms with Crippen LogP contribution >= 0.6 is 0 Å². The molecule has 0 spiro atoms. The Morgan fingerprint density at radius 1 is 1.08 bits per heavy atom. The van der Waals surface area contributed by atoms with Crippen LogP contribution in [-0.2, 0) is 6.42 Å². The highest BCUT2D eigenvalue weighted by atomic mass is 16.2. The average molecular weight is 337 g/mol. The number of carbonyl (C=O) groups excluding carboxylic acids is 2. The molecule has 3 rings (SSSR count). The molecule has 0 saturated carbocycles. The predicted octanol–water partition coefficient (Wildman–Crippen LogP) is 2.01. The Morgan fingerprint density at radius 3 is 2.48 bits per heavy atom. The lowest BCUT2D eigenvalue weighted by Gasteiger charge is -2.27. The van der Waals surface area contributed by atoms with Gasteiger partial charge in [0.2, 0.25) is 0 Å². The summed E-state index contributed by atoms with van der Waals surface area (Å²) in [7, 11) is 3.41. The van der Waals surface area contributed by atoms with Crippen molar-refractivity contribution >= 4 is 11.8 Å². The molecule has 1 aliphatic rings. The normalized spacial score (nSPS) is 16.0. The van der Waals surface area contributed by atoms with Crippen LogP contribution in [0.15, 0.2) is 48.5 Å². The molecule has 0 aliphatic carbocycles. The molecule has 1 heterocycles. The molecular formula is C20H23N3O2. The number of nitrogens with one attached hydrogen (secondary N) is 2. The number of fused-ring (bicyclic) bond motifs is 1. The van der Waals surface area contributed by atoms with Crippen LogP contribution in [0.25, 0.3) is 0 Å². The van der Waals surface area contributed by atoms with Crippen LogP contribution in [0.4, 0.5) is 0 Å². The third-order valence-corrected chi connectivity index (χ3v) is 4.48. The predicted molar refractivity (Wildman–Crippen MR) is 97.7 cm³/mol. The van der Waals surface area contributed by atoms with E-state index < -0.39 is 0 Å². The van der Waals surface area contributed by atoms with Crippen LogP contribution in [0.1, 0.15) is 37.9 Å². The molecule has 0 fully saturated rings. The number of rotatable bonds is 4. The summed E-state index contributed by atoms with van der Waals surface area (Å²) in [5.74, 6) is -0.205. The first kappa shape index (κ1) is 17.2. The first-order chi connectivity index (χ1) is 12.1. The zero-order chi connectivity index (χ0) is 17.8. The van der Waals surface area contributed by atoms with Crippen molar-refractivity contribution in [3.63, 3.8) is 0 Å². The number of hydrogen-bond acceptors (Lipinski definition) is 3. The van der Waals surface area contributed by atoms with Crippen molar-refractivity contribution in [2.75, 3.05) is 27.2 Å². The van der Waals surface area contributed by atoms with E-state index in [0.717, 1.165) is 13.0 Å². The van der Waals surface area contributed by atoms with Crippen molar-refractivity contribution in [3.8, 4) is 0 Å². The summed E-state index contributed by atoms with van der Waals surface area (Å²) < 4.78 is 0. The minimum atomic E-state index is -0.131. The Bertz CT molecular complexity index is 769.